The summed E-state index contributed by atoms with van der Waals surface area (Å²) < 4.78 is 25.0. The van der Waals surface area contributed by atoms with Crippen LogP contribution in [0, 0.1) is 11.3 Å². The number of methoxy groups -OCH3 is 2. The van der Waals surface area contributed by atoms with Crippen molar-refractivity contribution >= 4 is 30.0 Å². The van der Waals surface area contributed by atoms with Crippen molar-refractivity contribution in [2.24, 2.45) is 0 Å². The predicted molar refractivity (Wildman–Crippen MR) is 143 cm³/mol. The molecule has 0 aromatic heterocycles. The Balaban J connectivity index is 2.04. The molecule has 0 aliphatic carbocycles. The van der Waals surface area contributed by atoms with E-state index in [2.05, 4.69) is 22.0 Å². The molecule has 0 fully saturated rings. The first kappa shape index (κ1) is 26.0. The molecule has 36 heavy (non-hydrogen) atoms. The quantitative estimate of drug-likeness (QED) is 0.291. The number of carbonyl (C=O) groups is 1. The van der Waals surface area contributed by atoms with E-state index < -0.39 is 25.9 Å². The zero-order valence-corrected chi connectivity index (χ0v) is 23.5. The lowest BCUT2D eigenvalue weighted by molar-refractivity contribution is 0.0203. The average molecular weight is 567 g/mol. The van der Waals surface area contributed by atoms with Crippen LogP contribution in [0.25, 0.3) is 0 Å². The van der Waals surface area contributed by atoms with Crippen LogP contribution in [0.4, 0.5) is 0 Å². The molecule has 0 amide bonds. The molecule has 3 atom stereocenters. The Morgan fingerprint density at radius 3 is 2.22 bits per heavy atom. The van der Waals surface area contributed by atoms with Gasteiger partial charge in [0.25, 0.3) is 0 Å². The molecule has 0 saturated carbocycles. The minimum Gasteiger partial charge on any atom is -0.496 e. The van der Waals surface area contributed by atoms with E-state index in [4.69, 9.17) is 18.6 Å². The van der Waals surface area contributed by atoms with Crippen LogP contribution in [0.3, 0.4) is 0 Å². The van der Waals surface area contributed by atoms with Crippen LogP contribution in [-0.4, -0.2) is 34.4 Å². The highest BCUT2D eigenvalue weighted by Gasteiger charge is 2.59. The first-order valence-electron chi connectivity index (χ1n) is 11.5. The van der Waals surface area contributed by atoms with Crippen LogP contribution in [0.15, 0.2) is 71.2 Å². The van der Waals surface area contributed by atoms with E-state index in [1.807, 2.05) is 74.2 Å². The number of carbonyl (C=O) groups excluding carboxylic acids is 1. The zero-order chi connectivity index (χ0) is 26.1. The van der Waals surface area contributed by atoms with Crippen LogP contribution < -0.4 is 14.2 Å². The molecule has 0 spiro atoms. The molecule has 3 aromatic rings. The normalized spacial score (nSPS) is 18.5. The van der Waals surface area contributed by atoms with Crippen molar-refractivity contribution in [3.05, 3.63) is 87.9 Å². The largest absolute Gasteiger partial charge is 0.496 e. The third-order valence-electron chi connectivity index (χ3n) is 6.11. The van der Waals surface area contributed by atoms with Crippen LogP contribution in [0.5, 0.6) is 17.2 Å². The second-order valence-corrected chi connectivity index (χ2v) is 14.9. The summed E-state index contributed by atoms with van der Waals surface area (Å²) in [5, 5.41) is 10.4. The lowest BCUT2D eigenvalue weighted by Gasteiger charge is -2.40. The van der Waals surface area contributed by atoms with Gasteiger partial charge in [-0.05, 0) is 37.3 Å². The molecule has 8 heteroatoms. The standard InChI is InChI=1S/C28H28BrNO5Si/c1-32-21-15-22(33-2)25-23(16-21)34-28(27(25)31,19-11-13-20(29)14-12-19)26(18-9-7-6-8-10-18)24(17-30)35-36(3,4)5/h6-16,24,26H,1-5H3/t24?,26?,28-/m1/s1. The maximum atomic E-state index is 14.6. The summed E-state index contributed by atoms with van der Waals surface area (Å²) in [5.41, 5.74) is 0.106. The van der Waals surface area contributed by atoms with Gasteiger partial charge in [0.15, 0.2) is 8.32 Å². The first-order valence-corrected chi connectivity index (χ1v) is 15.7. The van der Waals surface area contributed by atoms with Gasteiger partial charge in [0.05, 0.1) is 26.2 Å². The van der Waals surface area contributed by atoms with Gasteiger partial charge in [0, 0.05) is 22.2 Å². The van der Waals surface area contributed by atoms with Crippen molar-refractivity contribution in [1.82, 2.24) is 0 Å². The smallest absolute Gasteiger partial charge is 0.219 e. The van der Waals surface area contributed by atoms with Crippen molar-refractivity contribution in [3.63, 3.8) is 0 Å². The van der Waals surface area contributed by atoms with Gasteiger partial charge < -0.3 is 18.6 Å². The number of hydrogen-bond donors (Lipinski definition) is 0. The van der Waals surface area contributed by atoms with Crippen molar-refractivity contribution < 1.29 is 23.4 Å². The highest BCUT2D eigenvalue weighted by Crippen LogP contribution is 2.54. The maximum Gasteiger partial charge on any atom is 0.219 e. The number of ether oxygens (including phenoxy) is 3. The van der Waals surface area contributed by atoms with Crippen LogP contribution in [-0.2, 0) is 10.0 Å². The number of ketones is 1. The molecule has 0 saturated heterocycles. The third kappa shape index (κ3) is 4.66. The zero-order valence-electron chi connectivity index (χ0n) is 20.9. The Morgan fingerprint density at radius 1 is 1.00 bits per heavy atom. The maximum absolute atomic E-state index is 14.6. The second kappa shape index (κ2) is 10.1. The fourth-order valence-corrected chi connectivity index (χ4v) is 5.87. The number of nitriles is 1. The van der Waals surface area contributed by atoms with E-state index in [-0.39, 0.29) is 5.78 Å². The van der Waals surface area contributed by atoms with Crippen LogP contribution in [0.2, 0.25) is 19.6 Å². The molecular formula is C28H28BrNO5Si. The number of hydrogen-bond acceptors (Lipinski definition) is 6. The number of nitrogens with zero attached hydrogens (tertiary/aromatic N) is 1. The summed E-state index contributed by atoms with van der Waals surface area (Å²) in [4.78, 5) is 14.6. The summed E-state index contributed by atoms with van der Waals surface area (Å²) in [6, 6.07) is 22.6. The second-order valence-electron chi connectivity index (χ2n) is 9.54. The van der Waals surface area contributed by atoms with Crippen molar-refractivity contribution in [2.75, 3.05) is 14.2 Å². The van der Waals surface area contributed by atoms with Gasteiger partial charge in [-0.25, -0.2) is 0 Å². The van der Waals surface area contributed by atoms with E-state index in [0.29, 0.717) is 28.4 Å². The number of Topliss-reactive ketones (excluding diaryl/α,β-unsaturated/α-hetero) is 1. The molecule has 1 heterocycles. The number of fused-ring (bicyclic) bond motifs is 1. The summed E-state index contributed by atoms with van der Waals surface area (Å²) >= 11 is 3.49. The van der Waals surface area contributed by atoms with Crippen molar-refractivity contribution in [2.45, 2.75) is 37.3 Å². The Morgan fingerprint density at radius 2 is 1.67 bits per heavy atom. The minimum absolute atomic E-state index is 0.299. The number of benzene rings is 3. The summed E-state index contributed by atoms with van der Waals surface area (Å²) in [7, 11) is 0.838. The Labute approximate surface area is 221 Å². The highest BCUT2D eigenvalue weighted by molar-refractivity contribution is 9.10. The van der Waals surface area contributed by atoms with Crippen LogP contribution in [0.1, 0.15) is 27.4 Å². The van der Waals surface area contributed by atoms with Crippen molar-refractivity contribution in [1.29, 1.82) is 5.26 Å². The molecule has 4 rings (SSSR count). The molecule has 6 nitrogen and oxygen atoms in total. The Hall–Kier alpha value is -3.12. The predicted octanol–water partition coefficient (Wildman–Crippen LogP) is 6.46. The lowest BCUT2D eigenvalue weighted by Crippen LogP contribution is -2.50. The van der Waals surface area contributed by atoms with E-state index >= 15 is 0 Å². The topological polar surface area (TPSA) is 77.8 Å². The van der Waals surface area contributed by atoms with E-state index in [0.717, 1.165) is 10.0 Å². The van der Waals surface area contributed by atoms with Crippen LogP contribution >= 0.6 is 15.9 Å². The van der Waals surface area contributed by atoms with Gasteiger partial charge in [-0.3, -0.25) is 4.79 Å². The Kier molecular flexibility index (Phi) is 7.28. The molecule has 186 valence electrons. The van der Waals surface area contributed by atoms with E-state index in [1.165, 1.54) is 7.11 Å². The van der Waals surface area contributed by atoms with Gasteiger partial charge in [-0.1, -0.05) is 58.4 Å². The lowest BCUT2D eigenvalue weighted by atomic mass is 9.71. The Bertz CT molecular complexity index is 1300. The summed E-state index contributed by atoms with van der Waals surface area (Å²) in [5.74, 6) is 0.112. The minimum atomic E-state index is -2.21. The number of halogens is 1. The third-order valence-corrected chi connectivity index (χ3v) is 7.60. The first-order chi connectivity index (χ1) is 17.1. The van der Waals surface area contributed by atoms with Crippen molar-refractivity contribution in [3.8, 4) is 23.3 Å². The molecule has 0 bridgehead atoms. The summed E-state index contributed by atoms with van der Waals surface area (Å²) in [6.07, 6.45) is -0.950. The molecule has 2 unspecified atom stereocenters. The van der Waals surface area contributed by atoms with E-state index in [9.17, 15) is 10.1 Å². The average Bonchev–Trinajstić information content (AvgIpc) is 3.16. The molecule has 3 aromatic carbocycles. The van der Waals surface area contributed by atoms with Gasteiger partial charge in [0.1, 0.15) is 28.9 Å². The monoisotopic (exact) mass is 565 g/mol. The SMILES string of the molecule is COc1cc(OC)c2c(c1)O[C@](c1ccc(Br)cc1)(C(c1ccccc1)C(C#N)O[Si](C)(C)C)C2=O. The molecule has 1 aliphatic rings. The molecule has 1 aliphatic heterocycles. The van der Waals surface area contributed by atoms with Gasteiger partial charge >= 0.3 is 0 Å². The summed E-state index contributed by atoms with van der Waals surface area (Å²) in [6.45, 7) is 6.06. The highest BCUT2D eigenvalue weighted by atomic mass is 79.9. The van der Waals surface area contributed by atoms with Gasteiger partial charge in [-0.15, -0.1) is 0 Å². The van der Waals surface area contributed by atoms with Gasteiger partial charge in [0.2, 0.25) is 11.4 Å². The molecule has 0 radical (unpaired) electrons. The fraction of sp³-hybridized carbons (Fsp3) is 0.286. The molecular weight excluding hydrogens is 538 g/mol. The van der Waals surface area contributed by atoms with Gasteiger partial charge in [-0.2, -0.15) is 5.26 Å². The number of rotatable bonds is 8. The molecule has 0 N–H and O–H groups in total. The van der Waals surface area contributed by atoms with E-state index in [1.54, 1.807) is 19.2 Å². The fourth-order valence-electron chi connectivity index (χ4n) is 4.66.